The molecule has 0 saturated heterocycles. The molecule has 27 heavy (non-hydrogen) atoms. The van der Waals surface area contributed by atoms with Crippen molar-refractivity contribution >= 4 is 23.3 Å². The van der Waals surface area contributed by atoms with Crippen molar-refractivity contribution in [3.8, 4) is 5.75 Å². The van der Waals surface area contributed by atoms with Gasteiger partial charge in [0.25, 0.3) is 0 Å². The van der Waals surface area contributed by atoms with E-state index in [2.05, 4.69) is 16.0 Å². The van der Waals surface area contributed by atoms with Crippen LogP contribution in [0.5, 0.6) is 5.75 Å². The molecule has 0 atom stereocenters. The van der Waals surface area contributed by atoms with Crippen molar-refractivity contribution in [2.24, 2.45) is 5.92 Å². The summed E-state index contributed by atoms with van der Waals surface area (Å²) in [5.74, 6) is 1.08. The third kappa shape index (κ3) is 7.81. The van der Waals surface area contributed by atoms with Gasteiger partial charge in [-0.1, -0.05) is 26.0 Å². The Balaban J connectivity index is 1.70. The second-order valence-corrected chi connectivity index (χ2v) is 6.77. The third-order valence-corrected chi connectivity index (χ3v) is 3.67. The molecule has 0 heterocycles. The summed E-state index contributed by atoms with van der Waals surface area (Å²) in [6.45, 7) is 6.77. The van der Waals surface area contributed by atoms with Crippen LogP contribution in [0, 0.1) is 12.8 Å². The van der Waals surface area contributed by atoms with E-state index in [1.165, 1.54) is 0 Å². The van der Waals surface area contributed by atoms with Crippen LogP contribution >= 0.6 is 0 Å². The van der Waals surface area contributed by atoms with Crippen LogP contribution in [0.3, 0.4) is 0 Å². The molecule has 6 heteroatoms. The predicted molar refractivity (Wildman–Crippen MR) is 108 cm³/mol. The lowest BCUT2D eigenvalue weighted by molar-refractivity contribution is -0.116. The molecule has 3 N–H and O–H groups in total. The number of carbonyl (C=O) groups is 2. The number of amides is 3. The summed E-state index contributed by atoms with van der Waals surface area (Å²) in [4.78, 5) is 23.7. The molecule has 144 valence electrons. The van der Waals surface area contributed by atoms with Gasteiger partial charge in [0.1, 0.15) is 12.4 Å². The topological polar surface area (TPSA) is 79.5 Å². The molecule has 0 saturated carbocycles. The molecular formula is C21H27N3O3. The normalized spacial score (nSPS) is 10.4. The van der Waals surface area contributed by atoms with E-state index >= 15 is 0 Å². The Morgan fingerprint density at radius 2 is 1.67 bits per heavy atom. The Labute approximate surface area is 160 Å². The maximum atomic E-state index is 11.9. The highest BCUT2D eigenvalue weighted by atomic mass is 16.5. The Hall–Kier alpha value is -3.02. The summed E-state index contributed by atoms with van der Waals surface area (Å²) in [5.41, 5.74) is 2.48. The maximum absolute atomic E-state index is 11.9. The Morgan fingerprint density at radius 3 is 2.30 bits per heavy atom. The number of nitrogens with one attached hydrogen (secondary N) is 3. The molecular weight excluding hydrogens is 342 g/mol. The predicted octanol–water partition coefficient (Wildman–Crippen LogP) is 4.18. The van der Waals surface area contributed by atoms with Crippen LogP contribution in [0.1, 0.15) is 25.8 Å². The molecule has 0 bridgehead atoms. The quantitative estimate of drug-likeness (QED) is 0.611. The summed E-state index contributed by atoms with van der Waals surface area (Å²) in [6, 6.07) is 14.5. The van der Waals surface area contributed by atoms with Crippen molar-refractivity contribution in [1.29, 1.82) is 0 Å². The summed E-state index contributed by atoms with van der Waals surface area (Å²) in [5, 5.41) is 8.32. The number of hydrogen-bond acceptors (Lipinski definition) is 3. The molecule has 0 aliphatic rings. The molecule has 2 aromatic rings. The smallest absolute Gasteiger partial charge is 0.319 e. The average Bonchev–Trinajstić information content (AvgIpc) is 2.60. The highest BCUT2D eigenvalue weighted by Gasteiger charge is 2.06. The number of ether oxygens (including phenoxy) is 1. The number of rotatable bonds is 8. The largest absolute Gasteiger partial charge is 0.492 e. The van der Waals surface area contributed by atoms with Gasteiger partial charge in [0, 0.05) is 17.8 Å². The molecule has 0 spiro atoms. The van der Waals surface area contributed by atoms with Crippen molar-refractivity contribution in [3.63, 3.8) is 0 Å². The molecule has 0 aliphatic carbocycles. The lowest BCUT2D eigenvalue weighted by Gasteiger charge is -2.10. The third-order valence-electron chi connectivity index (χ3n) is 3.67. The van der Waals surface area contributed by atoms with Crippen LogP contribution in [0.4, 0.5) is 16.2 Å². The van der Waals surface area contributed by atoms with Crippen LogP contribution in [0.25, 0.3) is 0 Å². The van der Waals surface area contributed by atoms with E-state index in [9.17, 15) is 9.59 Å². The van der Waals surface area contributed by atoms with Gasteiger partial charge in [0.15, 0.2) is 0 Å². The van der Waals surface area contributed by atoms with E-state index in [0.717, 1.165) is 11.3 Å². The number of aryl methyl sites for hydroxylation is 1. The zero-order valence-corrected chi connectivity index (χ0v) is 16.0. The minimum absolute atomic E-state index is 0.0166. The van der Waals surface area contributed by atoms with E-state index in [0.29, 0.717) is 36.9 Å². The van der Waals surface area contributed by atoms with E-state index in [4.69, 9.17) is 4.74 Å². The van der Waals surface area contributed by atoms with Gasteiger partial charge in [0.2, 0.25) is 5.91 Å². The molecule has 2 aromatic carbocycles. The average molecular weight is 369 g/mol. The first kappa shape index (κ1) is 20.3. The second-order valence-electron chi connectivity index (χ2n) is 6.77. The molecule has 3 amide bonds. The number of urea groups is 1. The van der Waals surface area contributed by atoms with Gasteiger partial charge in [-0.2, -0.15) is 0 Å². The van der Waals surface area contributed by atoms with E-state index in [1.807, 2.05) is 45.0 Å². The van der Waals surface area contributed by atoms with Gasteiger partial charge in [-0.3, -0.25) is 4.79 Å². The Morgan fingerprint density at radius 1 is 1.00 bits per heavy atom. The van der Waals surface area contributed by atoms with Gasteiger partial charge in [-0.25, -0.2) is 4.79 Å². The molecule has 2 rings (SSSR count). The number of benzene rings is 2. The highest BCUT2D eigenvalue weighted by molar-refractivity contribution is 5.92. The first-order valence-corrected chi connectivity index (χ1v) is 9.06. The van der Waals surface area contributed by atoms with Crippen molar-refractivity contribution in [2.75, 3.05) is 23.8 Å². The Bertz CT molecular complexity index is 758. The fraction of sp³-hybridized carbons (Fsp3) is 0.333. The first-order valence-electron chi connectivity index (χ1n) is 9.06. The maximum Gasteiger partial charge on any atom is 0.319 e. The molecule has 6 nitrogen and oxygen atoms in total. The van der Waals surface area contributed by atoms with Crippen molar-refractivity contribution in [3.05, 3.63) is 54.1 Å². The zero-order chi connectivity index (χ0) is 19.6. The Kier molecular flexibility index (Phi) is 7.67. The summed E-state index contributed by atoms with van der Waals surface area (Å²) in [6.07, 6.45) is 0.479. The molecule has 0 aromatic heterocycles. The summed E-state index contributed by atoms with van der Waals surface area (Å²) >= 11 is 0. The number of anilines is 2. The molecule has 0 fully saturated rings. The van der Waals surface area contributed by atoms with Crippen molar-refractivity contribution < 1.29 is 14.3 Å². The first-order chi connectivity index (χ1) is 12.9. The molecule has 0 radical (unpaired) electrons. The van der Waals surface area contributed by atoms with Gasteiger partial charge < -0.3 is 20.7 Å². The second kappa shape index (κ2) is 10.2. The summed E-state index contributed by atoms with van der Waals surface area (Å²) in [7, 11) is 0. The van der Waals surface area contributed by atoms with Crippen LogP contribution in [-0.2, 0) is 4.79 Å². The fourth-order valence-electron chi connectivity index (χ4n) is 2.43. The monoisotopic (exact) mass is 369 g/mol. The van der Waals surface area contributed by atoms with E-state index in [-0.39, 0.29) is 11.9 Å². The lowest BCUT2D eigenvalue weighted by atomic mass is 10.1. The molecule has 0 aliphatic heterocycles. The number of carbonyl (C=O) groups excluding carboxylic acids is 2. The minimum atomic E-state index is -0.306. The van der Waals surface area contributed by atoms with Gasteiger partial charge in [-0.05, 0) is 54.8 Å². The van der Waals surface area contributed by atoms with Crippen molar-refractivity contribution in [2.45, 2.75) is 27.2 Å². The number of hydrogen-bond donors (Lipinski definition) is 3. The van der Waals surface area contributed by atoms with Crippen LogP contribution in [0.15, 0.2) is 48.5 Å². The highest BCUT2D eigenvalue weighted by Crippen LogP contribution is 2.14. The zero-order valence-electron chi connectivity index (χ0n) is 16.0. The SMILES string of the molecule is Cc1cccc(OCCNC(=O)Nc2ccc(NC(=O)CC(C)C)cc2)c1. The van der Waals surface area contributed by atoms with Gasteiger partial charge in [0.05, 0.1) is 6.54 Å². The lowest BCUT2D eigenvalue weighted by Crippen LogP contribution is -2.32. The molecule has 0 unspecified atom stereocenters. The van der Waals surface area contributed by atoms with Crippen LogP contribution in [-0.4, -0.2) is 25.1 Å². The van der Waals surface area contributed by atoms with Gasteiger partial charge >= 0.3 is 6.03 Å². The van der Waals surface area contributed by atoms with Crippen LogP contribution in [0.2, 0.25) is 0 Å². The van der Waals surface area contributed by atoms with E-state index < -0.39 is 0 Å². The van der Waals surface area contributed by atoms with Gasteiger partial charge in [-0.15, -0.1) is 0 Å². The standard InChI is InChI=1S/C21H27N3O3/c1-15(2)13-20(25)23-17-7-9-18(10-8-17)24-21(26)22-11-12-27-19-6-4-5-16(3)14-19/h4-10,14-15H,11-13H2,1-3H3,(H,23,25)(H2,22,24,26). The minimum Gasteiger partial charge on any atom is -0.492 e. The van der Waals surface area contributed by atoms with E-state index in [1.54, 1.807) is 24.3 Å². The van der Waals surface area contributed by atoms with Crippen molar-refractivity contribution in [1.82, 2.24) is 5.32 Å². The summed E-state index contributed by atoms with van der Waals surface area (Å²) < 4.78 is 5.58. The van der Waals surface area contributed by atoms with Crippen LogP contribution < -0.4 is 20.7 Å². The fourth-order valence-corrected chi connectivity index (χ4v) is 2.43.